The number of nitrogens with zero attached hydrogens (tertiary/aromatic N) is 1. The summed E-state index contributed by atoms with van der Waals surface area (Å²) >= 11 is 0. The quantitative estimate of drug-likeness (QED) is 0.348. The van der Waals surface area contributed by atoms with Gasteiger partial charge in [-0.2, -0.15) is 0 Å². The van der Waals surface area contributed by atoms with Crippen molar-refractivity contribution in [3.63, 3.8) is 0 Å². The maximum absolute atomic E-state index is 13.1. The van der Waals surface area contributed by atoms with Crippen LogP contribution in [0.2, 0.25) is 0 Å². The molecule has 4 atom stereocenters. The summed E-state index contributed by atoms with van der Waals surface area (Å²) in [7, 11) is 0. The molecule has 2 heterocycles. The summed E-state index contributed by atoms with van der Waals surface area (Å²) in [6, 6.07) is 25.6. The highest BCUT2D eigenvalue weighted by Crippen LogP contribution is 2.31. The van der Waals surface area contributed by atoms with Crippen molar-refractivity contribution >= 4 is 17.9 Å². The van der Waals surface area contributed by atoms with Gasteiger partial charge in [0.25, 0.3) is 0 Å². The van der Waals surface area contributed by atoms with Crippen LogP contribution in [0.3, 0.4) is 0 Å². The van der Waals surface area contributed by atoms with E-state index in [2.05, 4.69) is 5.32 Å². The first-order valence-electron chi connectivity index (χ1n) is 12.6. The topological polar surface area (TPSA) is 103 Å². The fourth-order valence-corrected chi connectivity index (χ4v) is 4.42. The number of esters is 3. The molecule has 0 aliphatic carbocycles. The average Bonchev–Trinajstić information content (AvgIpc) is 3.33. The SMILES string of the molecule is O=C(OC[C@H]1O[C@@H](N2C=CCNC2)C(OC(=O)c2ccccc2)C1OC(=O)c1ccccc1)c1ccccc1. The van der Waals surface area contributed by atoms with Crippen molar-refractivity contribution < 1.29 is 33.3 Å². The molecule has 200 valence electrons. The zero-order valence-electron chi connectivity index (χ0n) is 21.1. The molecule has 0 amide bonds. The highest BCUT2D eigenvalue weighted by molar-refractivity contribution is 5.91. The molecule has 9 nitrogen and oxygen atoms in total. The standard InChI is InChI=1S/C30H28N2O7/c33-28(21-11-4-1-5-12-21)36-19-24-25(38-29(34)22-13-6-2-7-14-22)26(27(37-24)32-18-10-17-31-20-32)39-30(35)23-15-8-3-9-16-23/h1-16,18,24-27,31H,17,19-20H2/t24-,25?,26?,27-/m1/s1. The van der Waals surface area contributed by atoms with Gasteiger partial charge in [-0.3, -0.25) is 5.32 Å². The third kappa shape index (κ3) is 6.34. The Hall–Kier alpha value is -4.47. The van der Waals surface area contributed by atoms with E-state index in [4.69, 9.17) is 18.9 Å². The molecular formula is C30H28N2O7. The number of carbonyl (C=O) groups is 3. The molecule has 2 aliphatic rings. The summed E-state index contributed by atoms with van der Waals surface area (Å²) in [6.45, 7) is 0.861. The van der Waals surface area contributed by atoms with Crippen LogP contribution in [0.4, 0.5) is 0 Å². The number of benzene rings is 3. The van der Waals surface area contributed by atoms with E-state index >= 15 is 0 Å². The summed E-state index contributed by atoms with van der Waals surface area (Å²) in [5, 5.41) is 3.21. The van der Waals surface area contributed by atoms with Crippen LogP contribution in [-0.4, -0.2) is 67.2 Å². The Morgan fingerprint density at radius 3 is 1.77 bits per heavy atom. The van der Waals surface area contributed by atoms with Gasteiger partial charge in [0.1, 0.15) is 12.7 Å². The Bertz CT molecular complexity index is 1300. The van der Waals surface area contributed by atoms with Crippen molar-refractivity contribution in [3.05, 3.63) is 120 Å². The molecule has 1 saturated heterocycles. The Morgan fingerprint density at radius 1 is 0.744 bits per heavy atom. The molecule has 0 radical (unpaired) electrons. The number of hydrogen-bond donors (Lipinski definition) is 1. The number of nitrogens with one attached hydrogen (secondary N) is 1. The minimum atomic E-state index is -1.06. The van der Waals surface area contributed by atoms with Gasteiger partial charge in [0.05, 0.1) is 23.4 Å². The smallest absolute Gasteiger partial charge is 0.338 e. The predicted molar refractivity (Wildman–Crippen MR) is 141 cm³/mol. The van der Waals surface area contributed by atoms with Crippen LogP contribution in [0.5, 0.6) is 0 Å². The lowest BCUT2D eigenvalue weighted by atomic mass is 10.1. The van der Waals surface area contributed by atoms with E-state index in [1.807, 2.05) is 17.2 Å². The summed E-state index contributed by atoms with van der Waals surface area (Å²) in [4.78, 5) is 40.7. The second kappa shape index (κ2) is 12.4. The van der Waals surface area contributed by atoms with Crippen LogP contribution in [-0.2, 0) is 18.9 Å². The maximum atomic E-state index is 13.1. The minimum absolute atomic E-state index is 0.221. The summed E-state index contributed by atoms with van der Waals surface area (Å²) in [6.07, 6.45) is -0.0603. The Morgan fingerprint density at radius 2 is 1.26 bits per heavy atom. The lowest BCUT2D eigenvalue weighted by Gasteiger charge is -2.33. The van der Waals surface area contributed by atoms with E-state index in [1.54, 1.807) is 91.0 Å². The van der Waals surface area contributed by atoms with Crippen LogP contribution in [0.1, 0.15) is 31.1 Å². The first kappa shape index (κ1) is 26.1. The van der Waals surface area contributed by atoms with E-state index in [-0.39, 0.29) is 6.61 Å². The average molecular weight is 529 g/mol. The fraction of sp³-hybridized carbons (Fsp3) is 0.233. The van der Waals surface area contributed by atoms with E-state index in [1.165, 1.54) is 0 Å². The van der Waals surface area contributed by atoms with Crippen molar-refractivity contribution in [2.45, 2.75) is 24.5 Å². The van der Waals surface area contributed by atoms with Gasteiger partial charge in [-0.15, -0.1) is 0 Å². The lowest BCUT2D eigenvalue weighted by molar-refractivity contribution is -0.0886. The molecular weight excluding hydrogens is 500 g/mol. The van der Waals surface area contributed by atoms with Gasteiger partial charge in [-0.05, 0) is 36.4 Å². The van der Waals surface area contributed by atoms with E-state index in [9.17, 15) is 14.4 Å². The monoisotopic (exact) mass is 528 g/mol. The van der Waals surface area contributed by atoms with Crippen LogP contribution in [0, 0.1) is 0 Å². The first-order chi connectivity index (χ1) is 19.1. The number of carbonyl (C=O) groups excluding carboxylic acids is 3. The van der Waals surface area contributed by atoms with Gasteiger partial charge < -0.3 is 23.8 Å². The molecule has 0 bridgehead atoms. The van der Waals surface area contributed by atoms with E-state index in [0.29, 0.717) is 29.9 Å². The molecule has 5 rings (SSSR count). The van der Waals surface area contributed by atoms with Gasteiger partial charge in [0.15, 0.2) is 18.4 Å². The fourth-order valence-electron chi connectivity index (χ4n) is 4.42. The summed E-state index contributed by atoms with van der Waals surface area (Å²) in [5.41, 5.74) is 1.05. The van der Waals surface area contributed by atoms with Gasteiger partial charge in [-0.1, -0.05) is 60.7 Å². The van der Waals surface area contributed by atoms with Crippen molar-refractivity contribution in [1.29, 1.82) is 0 Å². The van der Waals surface area contributed by atoms with Crippen molar-refractivity contribution in [1.82, 2.24) is 10.2 Å². The third-order valence-electron chi connectivity index (χ3n) is 6.36. The van der Waals surface area contributed by atoms with Gasteiger partial charge in [0, 0.05) is 12.7 Å². The molecule has 39 heavy (non-hydrogen) atoms. The Labute approximate surface area is 225 Å². The summed E-state index contributed by atoms with van der Waals surface area (Å²) < 4.78 is 23.7. The van der Waals surface area contributed by atoms with Gasteiger partial charge >= 0.3 is 17.9 Å². The van der Waals surface area contributed by atoms with E-state index < -0.39 is 42.4 Å². The molecule has 2 aliphatic heterocycles. The van der Waals surface area contributed by atoms with Crippen LogP contribution < -0.4 is 5.32 Å². The van der Waals surface area contributed by atoms with Crippen molar-refractivity contribution in [2.24, 2.45) is 0 Å². The van der Waals surface area contributed by atoms with Crippen LogP contribution >= 0.6 is 0 Å². The third-order valence-corrected chi connectivity index (χ3v) is 6.36. The number of hydrogen-bond acceptors (Lipinski definition) is 9. The molecule has 0 aromatic heterocycles. The highest BCUT2D eigenvalue weighted by Gasteiger charge is 2.52. The second-order valence-electron chi connectivity index (χ2n) is 9.01. The van der Waals surface area contributed by atoms with Gasteiger partial charge in [0.2, 0.25) is 0 Å². The minimum Gasteiger partial charge on any atom is -0.459 e. The molecule has 1 N–H and O–H groups in total. The van der Waals surface area contributed by atoms with E-state index in [0.717, 1.165) is 0 Å². The normalized spacial score (nSPS) is 22.2. The number of rotatable bonds is 8. The Kier molecular flexibility index (Phi) is 8.30. The zero-order valence-corrected chi connectivity index (χ0v) is 21.1. The molecule has 2 unspecified atom stereocenters. The maximum Gasteiger partial charge on any atom is 0.338 e. The molecule has 9 heteroatoms. The first-order valence-corrected chi connectivity index (χ1v) is 12.6. The van der Waals surface area contributed by atoms with Crippen LogP contribution in [0.15, 0.2) is 103 Å². The van der Waals surface area contributed by atoms with Gasteiger partial charge in [-0.25, -0.2) is 14.4 Å². The van der Waals surface area contributed by atoms with Crippen molar-refractivity contribution in [3.8, 4) is 0 Å². The van der Waals surface area contributed by atoms with Crippen molar-refractivity contribution in [2.75, 3.05) is 19.8 Å². The molecule has 3 aromatic carbocycles. The second-order valence-corrected chi connectivity index (χ2v) is 9.01. The molecule has 1 fully saturated rings. The highest BCUT2D eigenvalue weighted by atomic mass is 16.7. The molecule has 3 aromatic rings. The molecule has 0 saturated carbocycles. The van der Waals surface area contributed by atoms with Crippen LogP contribution in [0.25, 0.3) is 0 Å². The lowest BCUT2D eigenvalue weighted by Crippen LogP contribution is -2.49. The largest absolute Gasteiger partial charge is 0.459 e. The zero-order chi connectivity index (χ0) is 27.0. The molecule has 0 spiro atoms. The predicted octanol–water partition coefficient (Wildman–Crippen LogP) is 3.40. The summed E-state index contributed by atoms with van der Waals surface area (Å²) in [5.74, 6) is -1.75. The number of ether oxygens (including phenoxy) is 4. The Balaban J connectivity index is 1.43.